The highest BCUT2D eigenvalue weighted by Gasteiger charge is 1.98. The van der Waals surface area contributed by atoms with Gasteiger partial charge in [0.1, 0.15) is 10.1 Å². The fraction of sp³-hybridized carbons (Fsp3) is 0.312. The van der Waals surface area contributed by atoms with Gasteiger partial charge in [0.05, 0.1) is 4.90 Å². The second kappa shape index (κ2) is 9.17. The van der Waals surface area contributed by atoms with Crippen LogP contribution in [0.2, 0.25) is 0 Å². The number of nitrogens with zero attached hydrogens (tertiary/aromatic N) is 1. The molecule has 1 aromatic carbocycles. The topological polar surface area (TPSA) is 70.3 Å². The van der Waals surface area contributed by atoms with Crippen LogP contribution < -0.4 is 9.57 Å². The summed E-state index contributed by atoms with van der Waals surface area (Å²) >= 11 is 0. The van der Waals surface area contributed by atoms with Crippen LogP contribution in [0.5, 0.6) is 0 Å². The molecule has 0 aliphatic heterocycles. The Morgan fingerprint density at radius 2 is 1.68 bits per heavy atom. The van der Waals surface area contributed by atoms with Gasteiger partial charge in [-0.05, 0) is 25.5 Å². The van der Waals surface area contributed by atoms with E-state index in [9.17, 15) is 13.0 Å². The molecular formula is C16H21NO4S. The molecule has 5 nitrogen and oxygen atoms in total. The zero-order valence-corrected chi connectivity index (χ0v) is 13.6. The Labute approximate surface area is 131 Å². The lowest BCUT2D eigenvalue weighted by Crippen LogP contribution is -2.41. The predicted molar refractivity (Wildman–Crippen MR) is 82.1 cm³/mol. The molecule has 0 radical (unpaired) electrons. The van der Waals surface area contributed by atoms with E-state index in [2.05, 4.69) is 6.92 Å². The van der Waals surface area contributed by atoms with Gasteiger partial charge in [-0.3, -0.25) is 4.84 Å². The van der Waals surface area contributed by atoms with Crippen LogP contribution in [0.15, 0.2) is 59.8 Å². The molecule has 0 fully saturated rings. The summed E-state index contributed by atoms with van der Waals surface area (Å²) in [5, 5.41) is 0. The lowest BCUT2D eigenvalue weighted by Gasteiger charge is -2.05. The zero-order chi connectivity index (χ0) is 16.4. The van der Waals surface area contributed by atoms with Gasteiger partial charge >= 0.3 is 0 Å². The number of unbranched alkanes of at least 4 members (excludes halogenated alkanes) is 1. The van der Waals surface area contributed by atoms with Crippen molar-refractivity contribution in [2.75, 3.05) is 6.61 Å². The van der Waals surface area contributed by atoms with Crippen molar-refractivity contribution in [3.8, 4) is 0 Å². The molecule has 1 heterocycles. The van der Waals surface area contributed by atoms with Gasteiger partial charge in [0.25, 0.3) is 0 Å². The summed E-state index contributed by atoms with van der Waals surface area (Å²) in [4.78, 5) is 5.19. The molecule has 1 aromatic heterocycles. The van der Waals surface area contributed by atoms with E-state index in [1.54, 1.807) is 16.9 Å². The second-order valence-electron chi connectivity index (χ2n) is 4.69. The summed E-state index contributed by atoms with van der Waals surface area (Å²) in [5.41, 5.74) is 0.928. The molecule has 0 amide bonds. The average Bonchev–Trinajstić information content (AvgIpc) is 2.49. The maximum Gasteiger partial charge on any atom is 0.222 e. The van der Waals surface area contributed by atoms with Crippen LogP contribution in [-0.4, -0.2) is 19.6 Å². The molecule has 0 spiro atoms. The van der Waals surface area contributed by atoms with E-state index in [-0.39, 0.29) is 4.90 Å². The van der Waals surface area contributed by atoms with Crippen LogP contribution in [-0.2, 0) is 10.1 Å². The summed E-state index contributed by atoms with van der Waals surface area (Å²) in [7, 11) is -4.27. The molecule has 0 bridgehead atoms. The third kappa shape index (κ3) is 7.19. The van der Waals surface area contributed by atoms with Crippen molar-refractivity contribution in [2.24, 2.45) is 0 Å². The Kier molecular flexibility index (Phi) is 7.56. The van der Waals surface area contributed by atoms with Crippen LogP contribution in [0.25, 0.3) is 0 Å². The number of benzene rings is 1. The van der Waals surface area contributed by atoms with Gasteiger partial charge < -0.3 is 4.55 Å². The quantitative estimate of drug-likeness (QED) is 0.480. The SMILES string of the molecule is CCCCO[n+]1ccccc1.Cc1ccc(S(=O)(=O)[O-])cc1. The van der Waals surface area contributed by atoms with Gasteiger partial charge in [-0.1, -0.05) is 37.1 Å². The van der Waals surface area contributed by atoms with Crippen LogP contribution in [0.4, 0.5) is 0 Å². The van der Waals surface area contributed by atoms with Gasteiger partial charge in [0.15, 0.2) is 6.61 Å². The number of hydrogen-bond donors (Lipinski definition) is 0. The first-order valence-electron chi connectivity index (χ1n) is 7.05. The summed E-state index contributed by atoms with van der Waals surface area (Å²) in [6, 6.07) is 11.7. The van der Waals surface area contributed by atoms with Gasteiger partial charge in [-0.2, -0.15) is 0 Å². The first-order valence-corrected chi connectivity index (χ1v) is 8.46. The monoisotopic (exact) mass is 323 g/mol. The largest absolute Gasteiger partial charge is 0.744 e. The van der Waals surface area contributed by atoms with Crippen LogP contribution in [0.1, 0.15) is 25.3 Å². The van der Waals surface area contributed by atoms with Gasteiger partial charge in [0, 0.05) is 16.9 Å². The second-order valence-corrected chi connectivity index (χ2v) is 6.07. The summed E-state index contributed by atoms with van der Waals surface area (Å²) in [5.74, 6) is 0. The number of pyridine rings is 1. The summed E-state index contributed by atoms with van der Waals surface area (Å²) in [6.07, 6.45) is 6.08. The fourth-order valence-corrected chi connectivity index (χ4v) is 1.96. The molecule has 0 N–H and O–H groups in total. The highest BCUT2D eigenvalue weighted by molar-refractivity contribution is 7.85. The van der Waals surface area contributed by atoms with Crippen molar-refractivity contribution >= 4 is 10.1 Å². The van der Waals surface area contributed by atoms with Crippen molar-refractivity contribution in [1.82, 2.24) is 0 Å². The smallest absolute Gasteiger partial charge is 0.222 e. The fourth-order valence-electron chi connectivity index (χ4n) is 1.49. The lowest BCUT2D eigenvalue weighted by molar-refractivity contribution is -0.891. The molecule has 120 valence electrons. The predicted octanol–water partition coefficient (Wildman–Crippen LogP) is 2.10. The van der Waals surface area contributed by atoms with Gasteiger partial charge in [-0.15, -0.1) is 0 Å². The highest BCUT2D eigenvalue weighted by atomic mass is 32.2. The van der Waals surface area contributed by atoms with Gasteiger partial charge in [0.2, 0.25) is 12.4 Å². The van der Waals surface area contributed by atoms with Crippen molar-refractivity contribution in [3.05, 3.63) is 60.4 Å². The molecule has 6 heteroatoms. The third-order valence-electron chi connectivity index (χ3n) is 2.74. The van der Waals surface area contributed by atoms with Crippen molar-refractivity contribution in [3.63, 3.8) is 0 Å². The minimum atomic E-state index is -4.27. The van der Waals surface area contributed by atoms with Crippen molar-refractivity contribution in [1.29, 1.82) is 0 Å². The van der Waals surface area contributed by atoms with Crippen LogP contribution in [0, 0.1) is 6.92 Å². The van der Waals surface area contributed by atoms with E-state index in [1.807, 2.05) is 37.5 Å². The van der Waals surface area contributed by atoms with E-state index in [0.717, 1.165) is 18.6 Å². The molecule has 2 rings (SSSR count). The Morgan fingerprint density at radius 1 is 1.09 bits per heavy atom. The Bertz CT molecular complexity index is 640. The summed E-state index contributed by atoms with van der Waals surface area (Å²) < 4.78 is 32.9. The van der Waals surface area contributed by atoms with Crippen LogP contribution >= 0.6 is 0 Å². The molecule has 0 saturated heterocycles. The van der Waals surface area contributed by atoms with Gasteiger partial charge in [-0.25, -0.2) is 8.42 Å². The molecule has 0 aliphatic rings. The molecule has 0 unspecified atom stereocenters. The van der Waals surface area contributed by atoms with E-state index >= 15 is 0 Å². The molecule has 0 atom stereocenters. The molecule has 0 aliphatic carbocycles. The first-order chi connectivity index (χ1) is 10.4. The normalized spacial score (nSPS) is 10.5. The number of aryl methyl sites for hydroxylation is 1. The number of aromatic nitrogens is 1. The zero-order valence-electron chi connectivity index (χ0n) is 12.8. The molecule has 22 heavy (non-hydrogen) atoms. The summed E-state index contributed by atoms with van der Waals surface area (Å²) in [6.45, 7) is 4.77. The number of rotatable bonds is 5. The third-order valence-corrected chi connectivity index (χ3v) is 3.59. The van der Waals surface area contributed by atoms with Crippen molar-refractivity contribution < 1.29 is 22.5 Å². The van der Waals surface area contributed by atoms with E-state index < -0.39 is 10.1 Å². The maximum absolute atomic E-state index is 10.4. The minimum absolute atomic E-state index is 0.178. The Hall–Kier alpha value is -1.92. The van der Waals surface area contributed by atoms with E-state index in [0.29, 0.717) is 0 Å². The first kappa shape index (κ1) is 18.1. The average molecular weight is 323 g/mol. The van der Waals surface area contributed by atoms with E-state index in [1.165, 1.54) is 18.6 Å². The van der Waals surface area contributed by atoms with E-state index in [4.69, 9.17) is 4.84 Å². The molecule has 2 aromatic rings. The Morgan fingerprint density at radius 3 is 2.18 bits per heavy atom. The lowest BCUT2D eigenvalue weighted by atomic mass is 10.2. The van der Waals surface area contributed by atoms with Crippen LogP contribution in [0.3, 0.4) is 0 Å². The highest BCUT2D eigenvalue weighted by Crippen LogP contribution is 2.08. The van der Waals surface area contributed by atoms with Crippen molar-refractivity contribution in [2.45, 2.75) is 31.6 Å². The standard InChI is InChI=1S/C9H14NO.C7H8O3S/c1-2-3-9-11-10-7-5-4-6-8-10;1-6-2-4-7(5-3-6)11(8,9)10/h4-8H,2-3,9H2,1H3;2-5H,1H3,(H,8,9,10)/q+1;/p-1. The number of hydrogen-bond acceptors (Lipinski definition) is 4. The molecule has 0 saturated carbocycles. The Balaban J connectivity index is 0.000000220. The molecular weight excluding hydrogens is 302 g/mol. The maximum atomic E-state index is 10.4. The minimum Gasteiger partial charge on any atom is -0.744 e.